The lowest BCUT2D eigenvalue weighted by Crippen LogP contribution is -2.29. The van der Waals surface area contributed by atoms with E-state index in [2.05, 4.69) is 43.6 Å². The SMILES string of the molecule is CCOc1cccc2c1cc(C(=O)NCC(C)C)n2CC(C)C. The average molecular weight is 316 g/mol. The summed E-state index contributed by atoms with van der Waals surface area (Å²) in [4.78, 5) is 12.6. The maximum absolute atomic E-state index is 12.6. The normalized spacial score (nSPS) is 11.4. The van der Waals surface area contributed by atoms with Gasteiger partial charge in [0.2, 0.25) is 0 Å². The summed E-state index contributed by atoms with van der Waals surface area (Å²) < 4.78 is 7.83. The van der Waals surface area contributed by atoms with Gasteiger partial charge in [-0.05, 0) is 37.0 Å². The van der Waals surface area contributed by atoms with Crippen LogP contribution in [-0.2, 0) is 6.54 Å². The van der Waals surface area contributed by atoms with Crippen molar-refractivity contribution in [3.63, 3.8) is 0 Å². The van der Waals surface area contributed by atoms with Crippen molar-refractivity contribution < 1.29 is 9.53 Å². The lowest BCUT2D eigenvalue weighted by molar-refractivity contribution is 0.0939. The molecule has 1 amide bonds. The number of hydrogen-bond acceptors (Lipinski definition) is 2. The quantitative estimate of drug-likeness (QED) is 0.836. The van der Waals surface area contributed by atoms with E-state index in [1.54, 1.807) is 0 Å². The van der Waals surface area contributed by atoms with Gasteiger partial charge in [-0.1, -0.05) is 33.8 Å². The molecule has 0 aliphatic rings. The third-order valence-corrected chi connectivity index (χ3v) is 3.66. The molecular formula is C19H28N2O2. The zero-order valence-corrected chi connectivity index (χ0v) is 14.8. The average Bonchev–Trinajstić information content (AvgIpc) is 2.84. The summed E-state index contributed by atoms with van der Waals surface area (Å²) in [7, 11) is 0. The highest BCUT2D eigenvalue weighted by Gasteiger charge is 2.18. The van der Waals surface area contributed by atoms with Crippen LogP contribution in [0.3, 0.4) is 0 Å². The Morgan fingerprint density at radius 2 is 1.96 bits per heavy atom. The van der Waals surface area contributed by atoms with Gasteiger partial charge in [0.05, 0.1) is 12.1 Å². The van der Waals surface area contributed by atoms with Gasteiger partial charge in [-0.25, -0.2) is 0 Å². The number of fused-ring (bicyclic) bond motifs is 1. The highest BCUT2D eigenvalue weighted by atomic mass is 16.5. The summed E-state index contributed by atoms with van der Waals surface area (Å²) in [5.41, 5.74) is 1.76. The maximum atomic E-state index is 12.6. The van der Waals surface area contributed by atoms with Gasteiger partial charge in [0.15, 0.2) is 0 Å². The number of aromatic nitrogens is 1. The van der Waals surface area contributed by atoms with Crippen molar-refractivity contribution in [2.75, 3.05) is 13.2 Å². The molecule has 1 aromatic carbocycles. The number of rotatable bonds is 7. The Hall–Kier alpha value is -1.97. The van der Waals surface area contributed by atoms with Gasteiger partial charge in [0, 0.05) is 18.5 Å². The van der Waals surface area contributed by atoms with Gasteiger partial charge < -0.3 is 14.6 Å². The van der Waals surface area contributed by atoms with E-state index in [1.165, 1.54) is 0 Å². The van der Waals surface area contributed by atoms with Crippen molar-refractivity contribution in [1.29, 1.82) is 0 Å². The molecule has 0 saturated heterocycles. The predicted molar refractivity (Wildman–Crippen MR) is 95.1 cm³/mol. The molecule has 1 N–H and O–H groups in total. The summed E-state index contributed by atoms with van der Waals surface area (Å²) in [6.45, 7) is 12.6. The van der Waals surface area contributed by atoms with Crippen LogP contribution < -0.4 is 10.1 Å². The van der Waals surface area contributed by atoms with E-state index in [1.807, 2.05) is 25.1 Å². The molecule has 0 saturated carbocycles. The molecule has 0 radical (unpaired) electrons. The fourth-order valence-corrected chi connectivity index (χ4v) is 2.68. The minimum Gasteiger partial charge on any atom is -0.493 e. The molecule has 0 spiro atoms. The molecule has 0 aliphatic heterocycles. The highest BCUT2D eigenvalue weighted by Crippen LogP contribution is 2.29. The molecule has 1 heterocycles. The number of nitrogens with one attached hydrogen (secondary N) is 1. The molecule has 0 unspecified atom stereocenters. The topological polar surface area (TPSA) is 43.3 Å². The molecule has 4 heteroatoms. The molecule has 0 fully saturated rings. The Balaban J connectivity index is 2.48. The van der Waals surface area contributed by atoms with E-state index in [-0.39, 0.29) is 5.91 Å². The van der Waals surface area contributed by atoms with E-state index in [4.69, 9.17) is 4.74 Å². The molecule has 4 nitrogen and oxygen atoms in total. The zero-order valence-electron chi connectivity index (χ0n) is 14.8. The lowest BCUT2D eigenvalue weighted by atomic mass is 10.2. The second-order valence-corrected chi connectivity index (χ2v) is 6.76. The van der Waals surface area contributed by atoms with Crippen molar-refractivity contribution in [3.8, 4) is 5.75 Å². The van der Waals surface area contributed by atoms with Crippen LogP contribution in [-0.4, -0.2) is 23.6 Å². The smallest absolute Gasteiger partial charge is 0.267 e. The number of benzene rings is 1. The number of amides is 1. The number of carbonyl (C=O) groups excluding carboxylic acids is 1. The summed E-state index contributed by atoms with van der Waals surface area (Å²) in [5.74, 6) is 1.71. The standard InChI is InChI=1S/C19H28N2O2/c1-6-23-18-9-7-8-16-15(18)10-17(21(16)12-14(4)5)19(22)20-11-13(2)3/h7-10,13-14H,6,11-12H2,1-5H3,(H,20,22). The minimum atomic E-state index is -0.0157. The fraction of sp³-hybridized carbons (Fsp3) is 0.526. The van der Waals surface area contributed by atoms with Crippen LogP contribution >= 0.6 is 0 Å². The summed E-state index contributed by atoms with van der Waals surface area (Å²) >= 11 is 0. The number of carbonyl (C=O) groups is 1. The first-order valence-electron chi connectivity index (χ1n) is 8.47. The lowest BCUT2D eigenvalue weighted by Gasteiger charge is -2.14. The van der Waals surface area contributed by atoms with Crippen molar-refractivity contribution in [1.82, 2.24) is 9.88 Å². The monoisotopic (exact) mass is 316 g/mol. The van der Waals surface area contributed by atoms with Crippen molar-refractivity contribution in [2.45, 2.75) is 41.2 Å². The van der Waals surface area contributed by atoms with Crippen LogP contribution in [0.5, 0.6) is 5.75 Å². The predicted octanol–water partition coefficient (Wildman–Crippen LogP) is 4.08. The third-order valence-electron chi connectivity index (χ3n) is 3.66. The van der Waals surface area contributed by atoms with Gasteiger partial charge in [-0.3, -0.25) is 4.79 Å². The number of nitrogens with zero attached hydrogens (tertiary/aromatic N) is 1. The van der Waals surface area contributed by atoms with Crippen molar-refractivity contribution >= 4 is 16.8 Å². The molecule has 126 valence electrons. The second-order valence-electron chi connectivity index (χ2n) is 6.76. The third kappa shape index (κ3) is 4.06. The zero-order chi connectivity index (χ0) is 17.0. The molecule has 0 aliphatic carbocycles. The van der Waals surface area contributed by atoms with E-state index >= 15 is 0 Å². The Morgan fingerprint density at radius 1 is 1.22 bits per heavy atom. The summed E-state index contributed by atoms with van der Waals surface area (Å²) in [5, 5.41) is 4.03. The number of ether oxygens (including phenoxy) is 1. The highest BCUT2D eigenvalue weighted by molar-refractivity contribution is 6.00. The second kappa shape index (κ2) is 7.53. The van der Waals surface area contributed by atoms with Crippen LogP contribution in [0.4, 0.5) is 0 Å². The van der Waals surface area contributed by atoms with E-state index in [9.17, 15) is 4.79 Å². The summed E-state index contributed by atoms with van der Waals surface area (Å²) in [6, 6.07) is 7.96. The van der Waals surface area contributed by atoms with Crippen LogP contribution in [0.15, 0.2) is 24.3 Å². The first kappa shape index (κ1) is 17.4. The minimum absolute atomic E-state index is 0.0157. The molecule has 1 aromatic heterocycles. The van der Waals surface area contributed by atoms with Crippen molar-refractivity contribution in [3.05, 3.63) is 30.0 Å². The molecule has 2 rings (SSSR count). The van der Waals surface area contributed by atoms with E-state index < -0.39 is 0 Å². The van der Waals surface area contributed by atoms with Crippen LogP contribution in [0, 0.1) is 11.8 Å². The molecule has 2 aromatic rings. The Labute approximate surface area is 138 Å². The Morgan fingerprint density at radius 3 is 2.57 bits per heavy atom. The largest absolute Gasteiger partial charge is 0.493 e. The van der Waals surface area contributed by atoms with Gasteiger partial charge in [-0.2, -0.15) is 0 Å². The van der Waals surface area contributed by atoms with Crippen molar-refractivity contribution in [2.24, 2.45) is 11.8 Å². The van der Waals surface area contributed by atoms with Gasteiger partial charge >= 0.3 is 0 Å². The summed E-state index contributed by atoms with van der Waals surface area (Å²) in [6.07, 6.45) is 0. The first-order valence-corrected chi connectivity index (χ1v) is 8.47. The van der Waals surface area contributed by atoms with Crippen LogP contribution in [0.2, 0.25) is 0 Å². The molecule has 0 atom stereocenters. The fourth-order valence-electron chi connectivity index (χ4n) is 2.68. The van der Waals surface area contributed by atoms with Gasteiger partial charge in [0.25, 0.3) is 5.91 Å². The van der Waals surface area contributed by atoms with Gasteiger partial charge in [-0.15, -0.1) is 0 Å². The molecule has 23 heavy (non-hydrogen) atoms. The van der Waals surface area contributed by atoms with E-state index in [0.29, 0.717) is 30.7 Å². The van der Waals surface area contributed by atoms with Crippen LogP contribution in [0.25, 0.3) is 10.9 Å². The Bertz CT molecular complexity index is 671. The van der Waals surface area contributed by atoms with Crippen LogP contribution in [0.1, 0.15) is 45.1 Å². The first-order chi connectivity index (χ1) is 10.9. The molecular weight excluding hydrogens is 288 g/mol. The van der Waals surface area contributed by atoms with E-state index in [0.717, 1.165) is 23.2 Å². The number of hydrogen-bond donors (Lipinski definition) is 1. The Kier molecular flexibility index (Phi) is 5.69. The maximum Gasteiger partial charge on any atom is 0.267 e. The molecule has 0 bridgehead atoms. The van der Waals surface area contributed by atoms with Gasteiger partial charge in [0.1, 0.15) is 11.4 Å².